The molecule has 0 saturated heterocycles. The number of aliphatic imine (C=N–C) groups is 1. The molecule has 1 aromatic carbocycles. The van der Waals surface area contributed by atoms with Gasteiger partial charge >= 0.3 is 0 Å². The molecule has 0 atom stereocenters. The normalized spacial score (nSPS) is 11.3. The molecule has 0 aromatic heterocycles. The summed E-state index contributed by atoms with van der Waals surface area (Å²) in [6, 6.07) is 5.77. The van der Waals surface area contributed by atoms with Gasteiger partial charge in [-0.15, -0.1) is 0 Å². The second kappa shape index (κ2) is 11.0. The van der Waals surface area contributed by atoms with Crippen LogP contribution in [0.4, 0.5) is 5.69 Å². The Morgan fingerprint density at radius 2 is 2.22 bits per heavy atom. The highest BCUT2D eigenvalue weighted by Crippen LogP contribution is 2.20. The summed E-state index contributed by atoms with van der Waals surface area (Å²) in [7, 11) is 0. The predicted molar refractivity (Wildman–Crippen MR) is 97.7 cm³/mol. The molecule has 0 bridgehead atoms. The summed E-state index contributed by atoms with van der Waals surface area (Å²) in [4.78, 5) is 16.1. The number of halogens is 1. The molecule has 4 N–H and O–H groups in total. The number of aryl methyl sites for hydroxylation is 1. The summed E-state index contributed by atoms with van der Waals surface area (Å²) in [5, 5.41) is 5.82. The van der Waals surface area contributed by atoms with Gasteiger partial charge in [-0.1, -0.05) is 22.0 Å². The number of nitrogens with one attached hydrogen (secondary N) is 2. The first kappa shape index (κ1) is 19.4. The van der Waals surface area contributed by atoms with E-state index in [0.29, 0.717) is 38.7 Å². The van der Waals surface area contributed by atoms with E-state index in [0.717, 1.165) is 22.1 Å². The lowest BCUT2D eigenvalue weighted by atomic mass is 10.2. The van der Waals surface area contributed by atoms with Crippen molar-refractivity contribution >= 4 is 33.5 Å². The van der Waals surface area contributed by atoms with Gasteiger partial charge in [0.1, 0.15) is 0 Å². The van der Waals surface area contributed by atoms with Crippen molar-refractivity contribution in [3.05, 3.63) is 28.2 Å². The van der Waals surface area contributed by atoms with Gasteiger partial charge in [0.2, 0.25) is 5.91 Å². The molecule has 0 saturated carbocycles. The Hall–Kier alpha value is -1.60. The van der Waals surface area contributed by atoms with E-state index in [-0.39, 0.29) is 5.91 Å². The van der Waals surface area contributed by atoms with Crippen LogP contribution < -0.4 is 16.4 Å². The molecular formula is C16H25BrN4O2. The number of guanidine groups is 1. The van der Waals surface area contributed by atoms with E-state index >= 15 is 0 Å². The average Bonchev–Trinajstić information content (AvgIpc) is 2.50. The summed E-state index contributed by atoms with van der Waals surface area (Å²) in [5.74, 6) is 0.288. The zero-order valence-electron chi connectivity index (χ0n) is 13.7. The van der Waals surface area contributed by atoms with E-state index in [2.05, 4.69) is 31.6 Å². The number of nitrogens with zero attached hydrogens (tertiary/aromatic N) is 1. The quantitative estimate of drug-likeness (QED) is 0.346. The zero-order valence-corrected chi connectivity index (χ0v) is 15.3. The van der Waals surface area contributed by atoms with Crippen LogP contribution in [0.15, 0.2) is 27.7 Å². The lowest BCUT2D eigenvalue weighted by Gasteiger charge is -2.09. The molecule has 1 aromatic rings. The molecule has 0 aliphatic heterocycles. The van der Waals surface area contributed by atoms with Crippen LogP contribution in [-0.4, -0.2) is 38.2 Å². The fraction of sp³-hybridized carbons (Fsp3) is 0.500. The number of carbonyl (C=O) groups is 1. The highest BCUT2D eigenvalue weighted by Gasteiger charge is 2.05. The Balaban J connectivity index is 2.25. The molecule has 0 aliphatic rings. The van der Waals surface area contributed by atoms with Crippen molar-refractivity contribution in [3.8, 4) is 0 Å². The van der Waals surface area contributed by atoms with E-state index in [4.69, 9.17) is 10.5 Å². The minimum atomic E-state index is -0.0668. The Bertz CT molecular complexity index is 535. The first-order valence-corrected chi connectivity index (χ1v) is 8.49. The van der Waals surface area contributed by atoms with Crippen molar-refractivity contribution in [2.24, 2.45) is 10.7 Å². The lowest BCUT2D eigenvalue weighted by molar-refractivity contribution is -0.116. The van der Waals surface area contributed by atoms with Gasteiger partial charge < -0.3 is 21.1 Å². The van der Waals surface area contributed by atoms with Crippen molar-refractivity contribution < 1.29 is 9.53 Å². The van der Waals surface area contributed by atoms with Crippen molar-refractivity contribution in [2.75, 3.05) is 31.6 Å². The molecule has 1 amide bonds. The Morgan fingerprint density at radius 1 is 1.43 bits per heavy atom. The van der Waals surface area contributed by atoms with Crippen LogP contribution in [0, 0.1) is 6.92 Å². The predicted octanol–water partition coefficient (Wildman–Crippen LogP) is 2.42. The number of nitrogens with two attached hydrogens (primary N) is 1. The van der Waals surface area contributed by atoms with Gasteiger partial charge in [0, 0.05) is 42.9 Å². The minimum Gasteiger partial charge on any atom is -0.382 e. The largest absolute Gasteiger partial charge is 0.382 e. The maximum absolute atomic E-state index is 11.9. The fourth-order valence-electron chi connectivity index (χ4n) is 1.81. The number of ether oxygens (including phenoxy) is 1. The summed E-state index contributed by atoms with van der Waals surface area (Å²) in [6.07, 6.45) is 1.15. The Morgan fingerprint density at radius 3 is 2.96 bits per heavy atom. The van der Waals surface area contributed by atoms with Crippen LogP contribution in [0.2, 0.25) is 0 Å². The van der Waals surface area contributed by atoms with Crippen LogP contribution in [0.1, 0.15) is 25.3 Å². The van der Waals surface area contributed by atoms with Gasteiger partial charge in [-0.25, -0.2) is 0 Å². The first-order chi connectivity index (χ1) is 11.0. The van der Waals surface area contributed by atoms with Gasteiger partial charge in [0.05, 0.1) is 0 Å². The topological polar surface area (TPSA) is 88.7 Å². The maximum atomic E-state index is 11.9. The van der Waals surface area contributed by atoms with E-state index in [1.807, 2.05) is 32.0 Å². The average molecular weight is 385 g/mol. The number of benzene rings is 1. The summed E-state index contributed by atoms with van der Waals surface area (Å²) >= 11 is 3.39. The van der Waals surface area contributed by atoms with Crippen molar-refractivity contribution in [2.45, 2.75) is 26.7 Å². The number of amides is 1. The third-order valence-electron chi connectivity index (χ3n) is 3.06. The molecule has 0 aliphatic carbocycles. The third kappa shape index (κ3) is 8.56. The number of hydrogen-bond donors (Lipinski definition) is 3. The van der Waals surface area contributed by atoms with Crippen LogP contribution >= 0.6 is 15.9 Å². The third-order valence-corrected chi connectivity index (χ3v) is 3.56. The fourth-order valence-corrected chi connectivity index (χ4v) is 2.17. The van der Waals surface area contributed by atoms with Gasteiger partial charge in [-0.3, -0.25) is 9.79 Å². The van der Waals surface area contributed by atoms with Gasteiger partial charge in [0.15, 0.2) is 5.96 Å². The zero-order chi connectivity index (χ0) is 17.1. The second-order valence-corrected chi connectivity index (χ2v) is 5.92. The smallest absolute Gasteiger partial charge is 0.226 e. The van der Waals surface area contributed by atoms with Gasteiger partial charge in [0.25, 0.3) is 0 Å². The summed E-state index contributed by atoms with van der Waals surface area (Å²) in [5.41, 5.74) is 7.56. The van der Waals surface area contributed by atoms with Crippen LogP contribution in [0.3, 0.4) is 0 Å². The van der Waals surface area contributed by atoms with E-state index in [9.17, 15) is 4.79 Å². The molecule has 1 rings (SSSR count). The standard InChI is InChI=1S/C16H25BrN4O2/c1-3-23-10-4-8-19-16(18)20-9-7-15(22)21-14-11-13(17)6-5-12(14)2/h5-6,11H,3-4,7-10H2,1-2H3,(H,21,22)(H3,18,19,20). The summed E-state index contributed by atoms with van der Waals surface area (Å²) in [6.45, 7) is 6.36. The number of hydrogen-bond acceptors (Lipinski definition) is 3. The van der Waals surface area contributed by atoms with Crippen LogP contribution in [-0.2, 0) is 9.53 Å². The molecule has 0 heterocycles. The lowest BCUT2D eigenvalue weighted by Crippen LogP contribution is -2.34. The molecule has 0 spiro atoms. The molecule has 0 fully saturated rings. The molecule has 0 radical (unpaired) electrons. The molecule has 128 valence electrons. The van der Waals surface area contributed by atoms with Crippen molar-refractivity contribution in [3.63, 3.8) is 0 Å². The molecular weight excluding hydrogens is 360 g/mol. The number of rotatable bonds is 9. The molecule has 23 heavy (non-hydrogen) atoms. The van der Waals surface area contributed by atoms with Gasteiger partial charge in [-0.05, 0) is 38.0 Å². The van der Waals surface area contributed by atoms with E-state index in [1.54, 1.807) is 0 Å². The Labute approximate surface area is 146 Å². The second-order valence-electron chi connectivity index (χ2n) is 5.00. The first-order valence-electron chi connectivity index (χ1n) is 7.70. The van der Waals surface area contributed by atoms with Crippen LogP contribution in [0.25, 0.3) is 0 Å². The highest BCUT2D eigenvalue weighted by molar-refractivity contribution is 9.10. The van der Waals surface area contributed by atoms with Crippen molar-refractivity contribution in [1.29, 1.82) is 0 Å². The van der Waals surface area contributed by atoms with E-state index < -0.39 is 0 Å². The number of anilines is 1. The SMILES string of the molecule is CCOCCCN=C(N)NCCC(=O)Nc1cc(Br)ccc1C. The molecule has 0 unspecified atom stereocenters. The van der Waals surface area contributed by atoms with Gasteiger partial charge in [-0.2, -0.15) is 0 Å². The summed E-state index contributed by atoms with van der Waals surface area (Å²) < 4.78 is 6.15. The minimum absolute atomic E-state index is 0.0668. The molecule has 7 heteroatoms. The highest BCUT2D eigenvalue weighted by atomic mass is 79.9. The monoisotopic (exact) mass is 384 g/mol. The van der Waals surface area contributed by atoms with E-state index in [1.165, 1.54) is 0 Å². The molecule has 6 nitrogen and oxygen atoms in total. The van der Waals surface area contributed by atoms with Crippen LogP contribution in [0.5, 0.6) is 0 Å². The van der Waals surface area contributed by atoms with Crippen molar-refractivity contribution in [1.82, 2.24) is 5.32 Å². The maximum Gasteiger partial charge on any atom is 0.226 e. The number of carbonyl (C=O) groups excluding carboxylic acids is 1. The Kier molecular flexibility index (Phi) is 9.31.